The van der Waals surface area contributed by atoms with Crippen LogP contribution in [0.15, 0.2) is 60.8 Å². The second-order valence-electron chi connectivity index (χ2n) is 19.4. The van der Waals surface area contributed by atoms with Crippen LogP contribution in [-0.4, -0.2) is 66.5 Å². The Morgan fingerprint density at radius 2 is 0.722 bits per heavy atom. The van der Waals surface area contributed by atoms with Gasteiger partial charge in [0, 0.05) is 19.3 Å². The zero-order chi connectivity index (χ0) is 52.7. The van der Waals surface area contributed by atoms with Gasteiger partial charge in [0.25, 0.3) is 0 Å². The van der Waals surface area contributed by atoms with Crippen LogP contribution < -0.4 is 0 Å². The molecule has 12 heteroatoms. The average molecular weight is 1040 g/mol. The highest BCUT2D eigenvalue weighted by Gasteiger charge is 2.28. The Labute approximate surface area is 440 Å². The van der Waals surface area contributed by atoms with Crippen molar-refractivity contribution in [2.24, 2.45) is 0 Å². The standard InChI is InChI=1S/C60H107O11P/c1-4-7-10-13-16-19-22-25-28-31-34-37-40-43-46-49-58(62)67-53-57(71-60(64)51-48-45-42-39-36-33-30-27-24-21-18-15-12-9-6-3)55-69-72(65,66)68-54-56(52-61)70-59(63)50-47-44-41-38-35-32-29-26-23-20-17-14-11-8-5-2/h9,12,18,21,26-27,29-30,36,39,56-57,61H,4-8,10-11,13-17,19-20,22-25,28,31-35,37-38,40-55H2,1-3H3,(H,65,66)/b12-9-,21-18-,29-26-,30-27-,39-36-. The third kappa shape index (κ3) is 52.1. The molecule has 0 aromatic rings. The number of aliphatic hydroxyl groups excluding tert-OH is 1. The van der Waals surface area contributed by atoms with E-state index < -0.39 is 57.8 Å². The molecule has 0 radical (unpaired) electrons. The third-order valence-electron chi connectivity index (χ3n) is 12.4. The Morgan fingerprint density at radius 3 is 1.15 bits per heavy atom. The van der Waals surface area contributed by atoms with Gasteiger partial charge in [0.05, 0.1) is 19.8 Å². The fourth-order valence-electron chi connectivity index (χ4n) is 7.99. The highest BCUT2D eigenvalue weighted by molar-refractivity contribution is 7.47. The summed E-state index contributed by atoms with van der Waals surface area (Å²) in [6, 6.07) is 0. The average Bonchev–Trinajstić information content (AvgIpc) is 3.37. The normalized spacial score (nSPS) is 13.8. The van der Waals surface area contributed by atoms with Crippen molar-refractivity contribution >= 4 is 25.7 Å². The zero-order valence-corrected chi connectivity index (χ0v) is 47.0. The Balaban J connectivity index is 4.75. The number of hydrogen-bond acceptors (Lipinski definition) is 10. The molecular weight excluding hydrogens is 928 g/mol. The van der Waals surface area contributed by atoms with E-state index in [1.54, 1.807) is 0 Å². The topological polar surface area (TPSA) is 155 Å². The van der Waals surface area contributed by atoms with Gasteiger partial charge in [-0.05, 0) is 83.5 Å². The number of allylic oxidation sites excluding steroid dienone is 10. The lowest BCUT2D eigenvalue weighted by atomic mass is 10.0. The van der Waals surface area contributed by atoms with E-state index in [-0.39, 0.29) is 25.9 Å². The Hall–Kier alpha value is -2.82. The number of phosphoric ester groups is 1. The summed E-state index contributed by atoms with van der Waals surface area (Å²) in [6.07, 6.45) is 58.9. The lowest BCUT2D eigenvalue weighted by Gasteiger charge is -2.21. The van der Waals surface area contributed by atoms with Crippen LogP contribution >= 0.6 is 7.82 Å². The third-order valence-corrected chi connectivity index (χ3v) is 13.4. The number of rotatable bonds is 54. The fourth-order valence-corrected chi connectivity index (χ4v) is 8.77. The van der Waals surface area contributed by atoms with Gasteiger partial charge >= 0.3 is 25.7 Å². The largest absolute Gasteiger partial charge is 0.472 e. The molecule has 11 nitrogen and oxygen atoms in total. The molecule has 3 unspecified atom stereocenters. The molecule has 0 rings (SSSR count). The number of unbranched alkanes of at least 4 members (excludes halogenated alkanes) is 27. The molecule has 0 amide bonds. The highest BCUT2D eigenvalue weighted by atomic mass is 31.2. The number of ether oxygens (including phenoxy) is 3. The minimum atomic E-state index is -4.76. The van der Waals surface area contributed by atoms with Gasteiger partial charge in [-0.3, -0.25) is 23.4 Å². The lowest BCUT2D eigenvalue weighted by molar-refractivity contribution is -0.161. The van der Waals surface area contributed by atoms with E-state index in [4.69, 9.17) is 23.3 Å². The molecule has 2 N–H and O–H groups in total. The van der Waals surface area contributed by atoms with E-state index in [2.05, 4.69) is 81.5 Å². The Bertz CT molecular complexity index is 1440. The molecule has 72 heavy (non-hydrogen) atoms. The molecule has 0 saturated carbocycles. The number of phosphoric acid groups is 1. The van der Waals surface area contributed by atoms with Crippen LogP contribution in [0, 0.1) is 0 Å². The van der Waals surface area contributed by atoms with Crippen molar-refractivity contribution in [2.45, 2.75) is 277 Å². The summed E-state index contributed by atoms with van der Waals surface area (Å²) in [7, 11) is -4.76. The minimum Gasteiger partial charge on any atom is -0.462 e. The molecule has 0 heterocycles. The Morgan fingerprint density at radius 1 is 0.403 bits per heavy atom. The number of carbonyl (C=O) groups excluding carboxylic acids is 3. The van der Waals surface area contributed by atoms with Gasteiger partial charge in [0.15, 0.2) is 6.10 Å². The van der Waals surface area contributed by atoms with Crippen LogP contribution in [0.1, 0.15) is 265 Å². The molecule has 0 fully saturated rings. The molecule has 0 aliphatic heterocycles. The molecule has 0 spiro atoms. The predicted octanol–water partition coefficient (Wildman–Crippen LogP) is 17.1. The summed E-state index contributed by atoms with van der Waals surface area (Å²) < 4.78 is 39.5. The number of aliphatic hydroxyl groups is 1. The van der Waals surface area contributed by atoms with E-state index >= 15 is 0 Å². The Kier molecular flexibility index (Phi) is 52.3. The fraction of sp³-hybridized carbons (Fsp3) is 0.783. The SMILES string of the molecule is CC/C=C\C/C=C\C/C=C\C/C=C\CCCCC(=O)OC(COC(=O)CCCCCCCCCCCCCCCCC)COP(=O)(O)OCC(CO)OC(=O)CCCCCCC/C=C\CCCCCCCC. The molecule has 0 aliphatic rings. The first kappa shape index (κ1) is 69.2. The highest BCUT2D eigenvalue weighted by Crippen LogP contribution is 2.43. The number of carbonyl (C=O) groups is 3. The van der Waals surface area contributed by atoms with Gasteiger partial charge in [-0.2, -0.15) is 0 Å². The van der Waals surface area contributed by atoms with Crippen LogP contribution in [0.5, 0.6) is 0 Å². The summed E-state index contributed by atoms with van der Waals surface area (Å²) in [6.45, 7) is 4.49. The summed E-state index contributed by atoms with van der Waals surface area (Å²) >= 11 is 0. The maximum absolute atomic E-state index is 12.9. The van der Waals surface area contributed by atoms with Gasteiger partial charge < -0.3 is 24.2 Å². The first-order valence-electron chi connectivity index (χ1n) is 29.2. The van der Waals surface area contributed by atoms with Crippen molar-refractivity contribution in [3.8, 4) is 0 Å². The van der Waals surface area contributed by atoms with Crippen molar-refractivity contribution in [3.63, 3.8) is 0 Å². The van der Waals surface area contributed by atoms with Crippen LogP contribution in [-0.2, 0) is 42.2 Å². The van der Waals surface area contributed by atoms with E-state index in [0.717, 1.165) is 96.3 Å². The van der Waals surface area contributed by atoms with Crippen molar-refractivity contribution in [3.05, 3.63) is 60.8 Å². The molecule has 0 aromatic heterocycles. The molecule has 0 bridgehead atoms. The van der Waals surface area contributed by atoms with Gasteiger partial charge in [0.1, 0.15) is 12.7 Å². The lowest BCUT2D eigenvalue weighted by Crippen LogP contribution is -2.30. The van der Waals surface area contributed by atoms with Crippen molar-refractivity contribution < 1.29 is 52.2 Å². The number of esters is 3. The quantitative estimate of drug-likeness (QED) is 0.0197. The maximum Gasteiger partial charge on any atom is 0.472 e. The van der Waals surface area contributed by atoms with Crippen LogP contribution in [0.25, 0.3) is 0 Å². The van der Waals surface area contributed by atoms with Gasteiger partial charge in [-0.25, -0.2) is 4.57 Å². The molecular formula is C60H107O11P. The summed E-state index contributed by atoms with van der Waals surface area (Å²) in [4.78, 5) is 48.5. The van der Waals surface area contributed by atoms with Crippen molar-refractivity contribution in [2.75, 3.05) is 26.4 Å². The van der Waals surface area contributed by atoms with Crippen LogP contribution in [0.4, 0.5) is 0 Å². The predicted molar refractivity (Wildman–Crippen MR) is 298 cm³/mol. The molecule has 0 saturated heterocycles. The first-order valence-corrected chi connectivity index (χ1v) is 30.7. The molecule has 0 aliphatic carbocycles. The number of hydrogen-bond donors (Lipinski definition) is 2. The van der Waals surface area contributed by atoms with E-state index in [1.165, 1.54) is 109 Å². The summed E-state index contributed by atoms with van der Waals surface area (Å²) in [5.74, 6) is -1.51. The summed E-state index contributed by atoms with van der Waals surface area (Å²) in [5.41, 5.74) is 0. The minimum absolute atomic E-state index is 0.116. The van der Waals surface area contributed by atoms with Gasteiger partial charge in [-0.15, -0.1) is 0 Å². The maximum atomic E-state index is 12.9. The smallest absolute Gasteiger partial charge is 0.462 e. The van der Waals surface area contributed by atoms with Gasteiger partial charge in [-0.1, -0.05) is 223 Å². The van der Waals surface area contributed by atoms with Crippen LogP contribution in [0.2, 0.25) is 0 Å². The molecule has 418 valence electrons. The summed E-state index contributed by atoms with van der Waals surface area (Å²) in [5, 5.41) is 9.81. The zero-order valence-electron chi connectivity index (χ0n) is 46.1. The van der Waals surface area contributed by atoms with E-state index in [9.17, 15) is 28.9 Å². The first-order chi connectivity index (χ1) is 35.2. The monoisotopic (exact) mass is 1030 g/mol. The van der Waals surface area contributed by atoms with Crippen molar-refractivity contribution in [1.29, 1.82) is 0 Å². The van der Waals surface area contributed by atoms with E-state index in [1.807, 2.05) is 0 Å². The molecule has 3 atom stereocenters. The van der Waals surface area contributed by atoms with E-state index in [0.29, 0.717) is 19.3 Å². The second kappa shape index (κ2) is 54.4. The van der Waals surface area contributed by atoms with Gasteiger partial charge in [0.2, 0.25) is 0 Å². The van der Waals surface area contributed by atoms with Crippen LogP contribution in [0.3, 0.4) is 0 Å². The second-order valence-corrected chi connectivity index (χ2v) is 20.9. The van der Waals surface area contributed by atoms with Crippen molar-refractivity contribution in [1.82, 2.24) is 0 Å². The molecule has 0 aromatic carbocycles.